The molecule has 0 spiro atoms. The summed E-state index contributed by atoms with van der Waals surface area (Å²) in [6, 6.07) is 0. The van der Waals surface area contributed by atoms with Gasteiger partial charge in [0, 0.05) is 0 Å². The standard InChI is InChI=1S/C12H24O5P2S2/c13-18(20,15-11-7-3-1-4-8-11)17-19(14,21)16-12-9-5-2-6-10-12/h11-12H,1-10H2,(H,13,20)(H,14,21). The molecule has 2 rings (SSSR count). The lowest BCUT2D eigenvalue weighted by molar-refractivity contribution is 0.110. The van der Waals surface area contributed by atoms with E-state index in [4.69, 9.17) is 37.0 Å². The average molecular weight is 374 g/mol. The third-order valence-electron chi connectivity index (χ3n) is 3.88. The zero-order valence-electron chi connectivity index (χ0n) is 12.1. The summed E-state index contributed by atoms with van der Waals surface area (Å²) in [4.78, 5) is 20.3. The van der Waals surface area contributed by atoms with Crippen molar-refractivity contribution in [2.75, 3.05) is 0 Å². The first kappa shape index (κ1) is 18.4. The number of rotatable bonds is 6. The number of hydrogen-bond acceptors (Lipinski definition) is 5. The minimum absolute atomic E-state index is 0.0979. The minimum atomic E-state index is -3.55. The first-order chi connectivity index (χ1) is 9.86. The van der Waals surface area contributed by atoms with Gasteiger partial charge in [0.1, 0.15) is 0 Å². The highest BCUT2D eigenvalue weighted by Crippen LogP contribution is 2.62. The van der Waals surface area contributed by atoms with Crippen molar-refractivity contribution in [3.63, 3.8) is 0 Å². The lowest BCUT2D eigenvalue weighted by Crippen LogP contribution is -2.17. The van der Waals surface area contributed by atoms with Gasteiger partial charge in [0.25, 0.3) is 0 Å². The summed E-state index contributed by atoms with van der Waals surface area (Å²) >= 11 is 9.97. The van der Waals surface area contributed by atoms with Gasteiger partial charge in [-0.25, -0.2) is 4.31 Å². The van der Waals surface area contributed by atoms with Crippen molar-refractivity contribution >= 4 is 37.1 Å². The first-order valence-corrected chi connectivity index (χ1v) is 12.8. The highest BCUT2D eigenvalue weighted by Gasteiger charge is 2.33. The van der Waals surface area contributed by atoms with Gasteiger partial charge in [-0.2, -0.15) is 0 Å². The van der Waals surface area contributed by atoms with Gasteiger partial charge >= 0.3 is 13.4 Å². The van der Waals surface area contributed by atoms with Gasteiger partial charge in [-0.1, -0.05) is 38.5 Å². The van der Waals surface area contributed by atoms with Gasteiger partial charge in [-0.15, -0.1) is 0 Å². The van der Waals surface area contributed by atoms with E-state index < -0.39 is 13.4 Å². The van der Waals surface area contributed by atoms with Gasteiger partial charge < -0.3 is 18.8 Å². The summed E-state index contributed by atoms with van der Waals surface area (Å²) in [7, 11) is 0. The molecule has 0 radical (unpaired) electrons. The van der Waals surface area contributed by atoms with Crippen LogP contribution < -0.4 is 0 Å². The summed E-state index contributed by atoms with van der Waals surface area (Å²) in [6.45, 7) is -7.09. The lowest BCUT2D eigenvalue weighted by atomic mass is 9.98. The van der Waals surface area contributed by atoms with Crippen molar-refractivity contribution < 1.29 is 23.1 Å². The molecule has 2 aliphatic carbocycles. The molecule has 0 aromatic carbocycles. The normalized spacial score (nSPS) is 27.9. The SMILES string of the molecule is OP(=S)(OC1CCCCC1)OP(O)(=S)OC1CCCCC1. The van der Waals surface area contributed by atoms with E-state index in [1.54, 1.807) is 0 Å². The fourth-order valence-corrected chi connectivity index (χ4v) is 8.15. The molecule has 0 aromatic heterocycles. The smallest absolute Gasteiger partial charge is 0.324 e. The molecule has 2 fully saturated rings. The van der Waals surface area contributed by atoms with Crippen molar-refractivity contribution in [3.8, 4) is 0 Å². The maximum absolute atomic E-state index is 10.1. The van der Waals surface area contributed by atoms with E-state index in [1.165, 1.54) is 12.8 Å². The van der Waals surface area contributed by atoms with Crippen LogP contribution in [-0.4, -0.2) is 22.0 Å². The van der Waals surface area contributed by atoms with E-state index >= 15 is 0 Å². The third kappa shape index (κ3) is 7.03. The van der Waals surface area contributed by atoms with Crippen molar-refractivity contribution in [1.29, 1.82) is 0 Å². The summed E-state index contributed by atoms with van der Waals surface area (Å²) < 4.78 is 16.1. The van der Waals surface area contributed by atoms with Gasteiger partial charge in [-0.05, 0) is 49.3 Å². The Morgan fingerprint density at radius 3 is 1.33 bits per heavy atom. The Morgan fingerprint density at radius 1 is 0.667 bits per heavy atom. The maximum Gasteiger partial charge on any atom is 0.332 e. The quantitative estimate of drug-likeness (QED) is 0.678. The van der Waals surface area contributed by atoms with E-state index in [9.17, 15) is 9.79 Å². The highest BCUT2D eigenvalue weighted by atomic mass is 32.5. The summed E-state index contributed by atoms with van der Waals surface area (Å²) in [5, 5.41) is 0. The predicted octanol–water partition coefficient (Wildman–Crippen LogP) is 4.14. The second-order valence-electron chi connectivity index (χ2n) is 5.75. The second kappa shape index (κ2) is 8.27. The van der Waals surface area contributed by atoms with Crippen molar-refractivity contribution in [2.45, 2.75) is 76.4 Å². The maximum atomic E-state index is 10.1. The Hall–Kier alpha value is 1.10. The molecule has 2 saturated carbocycles. The molecule has 0 bridgehead atoms. The molecular weight excluding hydrogens is 350 g/mol. The van der Waals surface area contributed by atoms with E-state index in [0.717, 1.165) is 51.4 Å². The van der Waals surface area contributed by atoms with Crippen LogP contribution in [0.25, 0.3) is 0 Å². The van der Waals surface area contributed by atoms with Gasteiger partial charge in [0.05, 0.1) is 12.2 Å². The van der Waals surface area contributed by atoms with Crippen molar-refractivity contribution in [2.24, 2.45) is 0 Å². The molecule has 2 unspecified atom stereocenters. The van der Waals surface area contributed by atoms with Crippen LogP contribution in [0, 0.1) is 0 Å². The minimum Gasteiger partial charge on any atom is -0.324 e. The largest absolute Gasteiger partial charge is 0.332 e. The van der Waals surface area contributed by atoms with Crippen molar-refractivity contribution in [3.05, 3.63) is 0 Å². The zero-order valence-corrected chi connectivity index (χ0v) is 15.5. The molecule has 0 amide bonds. The number of hydrogen-bond donors (Lipinski definition) is 2. The molecule has 0 aliphatic heterocycles. The molecule has 0 aromatic rings. The van der Waals surface area contributed by atoms with E-state index in [1.807, 2.05) is 0 Å². The second-order valence-corrected chi connectivity index (χ2v) is 11.5. The van der Waals surface area contributed by atoms with Crippen LogP contribution in [0.1, 0.15) is 64.2 Å². The molecular formula is C12H24O5P2S2. The molecule has 5 nitrogen and oxygen atoms in total. The van der Waals surface area contributed by atoms with Crippen LogP contribution in [-0.2, 0) is 37.0 Å². The van der Waals surface area contributed by atoms with Crippen LogP contribution in [0.5, 0.6) is 0 Å². The summed E-state index contributed by atoms with van der Waals surface area (Å²) in [5.74, 6) is 0. The Labute approximate surface area is 136 Å². The van der Waals surface area contributed by atoms with Gasteiger partial charge in [-0.3, -0.25) is 0 Å². The zero-order chi connectivity index (χ0) is 15.3. The molecule has 2 atom stereocenters. The van der Waals surface area contributed by atoms with Crippen LogP contribution >= 0.6 is 13.4 Å². The van der Waals surface area contributed by atoms with Crippen LogP contribution in [0.15, 0.2) is 0 Å². The first-order valence-electron chi connectivity index (χ1n) is 7.60. The fraction of sp³-hybridized carbons (Fsp3) is 1.00. The monoisotopic (exact) mass is 374 g/mol. The Morgan fingerprint density at radius 2 is 1.00 bits per heavy atom. The molecule has 21 heavy (non-hydrogen) atoms. The molecule has 0 saturated heterocycles. The predicted molar refractivity (Wildman–Crippen MR) is 90.0 cm³/mol. The van der Waals surface area contributed by atoms with Crippen molar-refractivity contribution in [1.82, 2.24) is 0 Å². The third-order valence-corrected chi connectivity index (χ3v) is 8.37. The Kier molecular flexibility index (Phi) is 7.26. The van der Waals surface area contributed by atoms with E-state index in [0.29, 0.717) is 0 Å². The molecule has 2 aliphatic rings. The van der Waals surface area contributed by atoms with Crippen LogP contribution in [0.4, 0.5) is 0 Å². The van der Waals surface area contributed by atoms with E-state index in [-0.39, 0.29) is 12.2 Å². The topological polar surface area (TPSA) is 68.2 Å². The summed E-state index contributed by atoms with van der Waals surface area (Å²) in [6.07, 6.45) is 9.85. The van der Waals surface area contributed by atoms with Gasteiger partial charge in [0.2, 0.25) is 0 Å². The van der Waals surface area contributed by atoms with Crippen LogP contribution in [0.3, 0.4) is 0 Å². The molecule has 0 heterocycles. The Bertz CT molecular complexity index is 384. The van der Waals surface area contributed by atoms with E-state index in [2.05, 4.69) is 0 Å². The molecule has 2 N–H and O–H groups in total. The van der Waals surface area contributed by atoms with Gasteiger partial charge in [0.15, 0.2) is 0 Å². The average Bonchev–Trinajstić information content (AvgIpc) is 2.38. The summed E-state index contributed by atoms with van der Waals surface area (Å²) in [5.41, 5.74) is 0. The molecule has 124 valence electrons. The highest BCUT2D eigenvalue weighted by molar-refractivity contribution is 8.14. The van der Waals surface area contributed by atoms with Crippen LogP contribution in [0.2, 0.25) is 0 Å². The molecule has 9 heteroatoms. The Balaban J connectivity index is 1.84. The fourth-order valence-electron chi connectivity index (χ4n) is 2.89. The lowest BCUT2D eigenvalue weighted by Gasteiger charge is -2.30.